The maximum atomic E-state index is 12.2. The molecule has 14 heteroatoms. The smallest absolute Gasteiger partial charge is 0.296 e. The lowest BCUT2D eigenvalue weighted by molar-refractivity contribution is 0.472. The minimum Gasteiger partial charge on any atom is -0.505 e. The van der Waals surface area contributed by atoms with E-state index in [4.69, 9.17) is 7.10 Å². The zero-order valence-corrected chi connectivity index (χ0v) is 21.6. The van der Waals surface area contributed by atoms with Crippen molar-refractivity contribution in [1.82, 2.24) is 15.0 Å². The van der Waals surface area contributed by atoms with Crippen molar-refractivity contribution in [2.24, 2.45) is 20.5 Å². The van der Waals surface area contributed by atoms with Crippen molar-refractivity contribution in [2.75, 3.05) is 11.1 Å². The lowest BCUT2D eigenvalue weighted by Gasteiger charge is -2.12. The molecule has 0 fully saturated rings. The molecule has 13 nitrogen and oxygen atoms in total. The number of aryl methyl sites for hydroxylation is 1. The maximum absolute atomic E-state index is 12.2. The summed E-state index contributed by atoms with van der Waals surface area (Å²) in [7, 11) is -4.83. The fourth-order valence-electron chi connectivity index (χ4n) is 3.73. The second kappa shape index (κ2) is 10.8. The summed E-state index contributed by atoms with van der Waals surface area (Å²) in [6.07, 6.45) is -0.204. The van der Waals surface area contributed by atoms with Crippen LogP contribution in [0.4, 0.5) is 40.1 Å². The standard InChI is InChI=1S/C26H21N9O4S/c1-15-28-14-29-26(30-15)31-18-8-5-9-19(13-18)33-35-24-21(40(37,38)39)12-16-10-11-20(23(27)22(16)25(24)36)34-32-17-6-3-2-4-7-17/h2-14,36H,27H2,1H3,(H,37,38,39)(H,28,29,30,31)/b34-32+,35-33+/i14T. The summed E-state index contributed by atoms with van der Waals surface area (Å²) in [5.41, 5.74) is 7.34. The molecular weight excluding hydrogens is 534 g/mol. The van der Waals surface area contributed by atoms with Crippen LogP contribution in [-0.4, -0.2) is 33.0 Å². The number of hydrogen-bond acceptors (Lipinski definition) is 12. The number of nitrogen functional groups attached to an aromatic ring is 1. The molecule has 0 saturated heterocycles. The van der Waals surface area contributed by atoms with Crippen molar-refractivity contribution in [1.29, 1.82) is 0 Å². The summed E-state index contributed by atoms with van der Waals surface area (Å²) in [4.78, 5) is 11.2. The lowest BCUT2D eigenvalue weighted by atomic mass is 10.1. The first-order valence-electron chi connectivity index (χ1n) is 12.1. The molecule has 0 unspecified atom stereocenters. The number of aromatic nitrogens is 3. The molecule has 1 aromatic heterocycles. The van der Waals surface area contributed by atoms with Crippen LogP contribution < -0.4 is 11.1 Å². The molecule has 200 valence electrons. The highest BCUT2D eigenvalue weighted by molar-refractivity contribution is 7.86. The van der Waals surface area contributed by atoms with Crippen LogP contribution >= 0.6 is 0 Å². The third-order valence-corrected chi connectivity index (χ3v) is 6.41. The largest absolute Gasteiger partial charge is 0.505 e. The first-order chi connectivity index (χ1) is 19.6. The predicted octanol–water partition coefficient (Wildman–Crippen LogP) is 6.44. The number of aromatic hydroxyl groups is 1. The average Bonchev–Trinajstić information content (AvgIpc) is 2.91. The Balaban J connectivity index is 1.55. The average molecular weight is 558 g/mol. The van der Waals surface area contributed by atoms with Crippen LogP contribution in [0.25, 0.3) is 10.8 Å². The monoisotopic (exact) mass is 557 g/mol. The fourth-order valence-corrected chi connectivity index (χ4v) is 4.39. The number of nitrogens with two attached hydrogens (primary N) is 1. The van der Waals surface area contributed by atoms with Gasteiger partial charge in [0.05, 0.1) is 22.4 Å². The fraction of sp³-hybridized carbons (Fsp3) is 0.0385. The molecule has 0 amide bonds. The summed E-state index contributed by atoms with van der Waals surface area (Å²) in [6, 6.07) is 19.5. The Bertz CT molecular complexity index is 1930. The van der Waals surface area contributed by atoms with E-state index in [9.17, 15) is 18.1 Å². The molecular formula is C26H21N9O4S. The number of hydrogen-bond donors (Lipinski definition) is 4. The van der Waals surface area contributed by atoms with E-state index >= 15 is 0 Å². The molecule has 0 aliphatic heterocycles. The minimum absolute atomic E-state index is 0.0191. The van der Waals surface area contributed by atoms with Crippen LogP contribution in [-0.2, 0) is 10.1 Å². The molecule has 1 heterocycles. The quantitative estimate of drug-likeness (QED) is 0.0986. The zero-order chi connectivity index (χ0) is 29.1. The van der Waals surface area contributed by atoms with Crippen LogP contribution in [0.1, 0.15) is 7.20 Å². The molecule has 0 atom stereocenters. The van der Waals surface area contributed by atoms with E-state index in [1.54, 1.807) is 55.5 Å². The van der Waals surface area contributed by atoms with Gasteiger partial charge >= 0.3 is 0 Å². The first kappa shape index (κ1) is 25.0. The number of azo groups is 2. The van der Waals surface area contributed by atoms with Crippen molar-refractivity contribution in [2.45, 2.75) is 11.8 Å². The third kappa shape index (κ3) is 5.72. The molecule has 5 aromatic rings. The first-order valence-corrected chi connectivity index (χ1v) is 13.0. The van der Waals surface area contributed by atoms with Gasteiger partial charge in [0.2, 0.25) is 5.95 Å². The highest BCUT2D eigenvalue weighted by atomic mass is 32.2. The van der Waals surface area contributed by atoms with Crippen LogP contribution in [0, 0.1) is 6.92 Å². The van der Waals surface area contributed by atoms with Crippen LogP contribution in [0.2, 0.25) is 0 Å². The Labute approximate surface area is 229 Å². The molecule has 0 saturated carbocycles. The van der Waals surface area contributed by atoms with Crippen molar-refractivity contribution in [3.8, 4) is 5.75 Å². The number of nitrogens with one attached hydrogen (secondary N) is 1. The highest BCUT2D eigenvalue weighted by Crippen LogP contribution is 2.46. The van der Waals surface area contributed by atoms with Gasteiger partial charge in [-0.05, 0) is 54.8 Å². The predicted molar refractivity (Wildman–Crippen MR) is 149 cm³/mol. The van der Waals surface area contributed by atoms with Gasteiger partial charge in [0.15, 0.2) is 5.75 Å². The van der Waals surface area contributed by atoms with Gasteiger partial charge in [-0.1, -0.05) is 30.3 Å². The van der Waals surface area contributed by atoms with E-state index in [0.29, 0.717) is 17.2 Å². The zero-order valence-electron chi connectivity index (χ0n) is 21.8. The van der Waals surface area contributed by atoms with E-state index in [1.807, 2.05) is 6.07 Å². The van der Waals surface area contributed by atoms with Gasteiger partial charge in [0.25, 0.3) is 10.1 Å². The van der Waals surface area contributed by atoms with Gasteiger partial charge in [0.1, 0.15) is 29.8 Å². The lowest BCUT2D eigenvalue weighted by Crippen LogP contribution is -2.00. The maximum Gasteiger partial charge on any atom is 0.296 e. The van der Waals surface area contributed by atoms with Gasteiger partial charge in [0, 0.05) is 5.69 Å². The van der Waals surface area contributed by atoms with E-state index in [-0.39, 0.29) is 40.1 Å². The summed E-state index contributed by atoms with van der Waals surface area (Å²) in [5, 5.41) is 30.6. The summed E-state index contributed by atoms with van der Waals surface area (Å²) < 4.78 is 42.0. The summed E-state index contributed by atoms with van der Waals surface area (Å²) in [6.45, 7) is 1.63. The van der Waals surface area contributed by atoms with Crippen LogP contribution in [0.3, 0.4) is 0 Å². The normalized spacial score (nSPS) is 12.3. The molecule has 0 spiro atoms. The Hall–Kier alpha value is -5.34. The number of anilines is 3. The molecule has 0 bridgehead atoms. The number of phenols is 1. The van der Waals surface area contributed by atoms with Gasteiger partial charge in [-0.15, -0.1) is 10.2 Å². The molecule has 5 rings (SSSR count). The Kier molecular flexibility index (Phi) is 6.74. The topological polar surface area (TPSA) is 201 Å². The summed E-state index contributed by atoms with van der Waals surface area (Å²) in [5.74, 6) is -0.115. The highest BCUT2D eigenvalue weighted by Gasteiger charge is 2.24. The van der Waals surface area contributed by atoms with E-state index in [0.717, 1.165) is 6.07 Å². The number of fused-ring (bicyclic) bond motifs is 1. The second-order valence-electron chi connectivity index (χ2n) is 8.36. The molecule has 0 aliphatic rings. The van der Waals surface area contributed by atoms with E-state index in [1.165, 1.54) is 12.1 Å². The van der Waals surface area contributed by atoms with Crippen molar-refractivity contribution in [3.63, 3.8) is 0 Å². The second-order valence-corrected chi connectivity index (χ2v) is 9.75. The third-order valence-electron chi connectivity index (χ3n) is 5.55. The molecule has 0 radical (unpaired) electrons. The Morgan fingerprint density at radius 3 is 2.42 bits per heavy atom. The van der Waals surface area contributed by atoms with Crippen LogP contribution in [0.15, 0.2) is 104 Å². The number of nitrogens with zero attached hydrogens (tertiary/aromatic N) is 7. The SMILES string of the molecule is [3H]c1nc(C)nc(Nc2cccc(/N=N/c3c(S(=O)(=O)O)cc4ccc(/N=N/c5ccccc5)c(N)c4c3O)c2)n1. The minimum atomic E-state index is -4.83. The van der Waals surface area contributed by atoms with Crippen molar-refractivity contribution in [3.05, 3.63) is 84.9 Å². The van der Waals surface area contributed by atoms with Crippen molar-refractivity contribution < 1.29 is 19.4 Å². The van der Waals surface area contributed by atoms with E-state index < -0.39 is 26.5 Å². The van der Waals surface area contributed by atoms with Crippen LogP contribution in [0.5, 0.6) is 5.75 Å². The Morgan fingerprint density at radius 1 is 0.925 bits per heavy atom. The number of benzene rings is 4. The van der Waals surface area contributed by atoms with E-state index in [2.05, 4.69) is 40.7 Å². The van der Waals surface area contributed by atoms with Crippen molar-refractivity contribution >= 4 is 61.0 Å². The molecule has 4 aromatic carbocycles. The van der Waals surface area contributed by atoms with Gasteiger partial charge in [-0.2, -0.15) is 23.6 Å². The van der Waals surface area contributed by atoms with Gasteiger partial charge in [-0.25, -0.2) is 9.97 Å². The van der Waals surface area contributed by atoms with Gasteiger partial charge < -0.3 is 16.2 Å². The number of rotatable bonds is 7. The Morgan fingerprint density at radius 2 is 1.68 bits per heavy atom. The van der Waals surface area contributed by atoms with Gasteiger partial charge in [-0.3, -0.25) is 4.55 Å². The summed E-state index contributed by atoms with van der Waals surface area (Å²) >= 11 is 0. The molecule has 0 aliphatic carbocycles. The number of phenolic OH excluding ortho intramolecular Hbond substituents is 1. The molecule has 40 heavy (non-hydrogen) atoms. The molecule has 5 N–H and O–H groups in total.